The summed E-state index contributed by atoms with van der Waals surface area (Å²) in [6.07, 6.45) is 0. The van der Waals surface area contributed by atoms with Gasteiger partial charge in [-0.15, -0.1) is 11.3 Å². The fourth-order valence-electron chi connectivity index (χ4n) is 3.39. The quantitative estimate of drug-likeness (QED) is 0.203. The molecule has 0 radical (unpaired) electrons. The molecule has 0 fully saturated rings. The summed E-state index contributed by atoms with van der Waals surface area (Å²) >= 11 is 2.63. The number of hydrogen-bond donors (Lipinski definition) is 1. The van der Waals surface area contributed by atoms with Crippen LogP contribution in [-0.2, 0) is 9.53 Å². The van der Waals surface area contributed by atoms with Crippen molar-refractivity contribution in [2.75, 3.05) is 17.7 Å². The topological polar surface area (TPSA) is 81.2 Å². The van der Waals surface area contributed by atoms with Crippen LogP contribution in [-0.4, -0.2) is 34.2 Å². The molecule has 0 aliphatic carbocycles. The predicted octanol–water partition coefficient (Wildman–Crippen LogP) is 5.88. The Labute approximate surface area is 200 Å². The third-order valence-electron chi connectivity index (χ3n) is 5.08. The minimum atomic E-state index is -0.423. The zero-order valence-corrected chi connectivity index (χ0v) is 20.2. The number of thiophene rings is 1. The molecule has 168 valence electrons. The Morgan fingerprint density at radius 1 is 1.03 bits per heavy atom. The van der Waals surface area contributed by atoms with Gasteiger partial charge in [0, 0.05) is 15.8 Å². The molecule has 0 saturated heterocycles. The van der Waals surface area contributed by atoms with Crippen LogP contribution in [0.15, 0.2) is 59.8 Å². The van der Waals surface area contributed by atoms with E-state index in [4.69, 9.17) is 9.72 Å². The van der Waals surface area contributed by atoms with Gasteiger partial charge in [0.25, 0.3) is 0 Å². The van der Waals surface area contributed by atoms with Gasteiger partial charge in [-0.25, -0.2) is 14.8 Å². The Kier molecular flexibility index (Phi) is 7.05. The van der Waals surface area contributed by atoms with Crippen LogP contribution in [0.3, 0.4) is 0 Å². The van der Waals surface area contributed by atoms with Crippen molar-refractivity contribution in [2.24, 2.45) is 0 Å². The second-order valence-corrected chi connectivity index (χ2v) is 9.45. The average molecular weight is 478 g/mol. The smallest absolute Gasteiger partial charge is 0.341 e. The normalized spacial score (nSPS) is 10.9. The van der Waals surface area contributed by atoms with Crippen molar-refractivity contribution in [3.05, 3.63) is 70.6 Å². The lowest BCUT2D eigenvalue weighted by atomic mass is 10.1. The summed E-state index contributed by atoms with van der Waals surface area (Å²) < 4.78 is 5.16. The van der Waals surface area contributed by atoms with Gasteiger partial charge in [0.05, 0.1) is 29.1 Å². The first kappa shape index (κ1) is 22.9. The predicted molar refractivity (Wildman–Crippen MR) is 134 cm³/mol. The lowest BCUT2D eigenvalue weighted by Crippen LogP contribution is -2.16. The van der Waals surface area contributed by atoms with Gasteiger partial charge >= 0.3 is 5.97 Å². The number of hydrogen-bond acceptors (Lipinski definition) is 7. The van der Waals surface area contributed by atoms with Crippen molar-refractivity contribution in [3.63, 3.8) is 0 Å². The van der Waals surface area contributed by atoms with E-state index < -0.39 is 5.97 Å². The van der Waals surface area contributed by atoms with Crippen molar-refractivity contribution in [2.45, 2.75) is 25.9 Å². The Morgan fingerprint density at radius 3 is 2.52 bits per heavy atom. The van der Waals surface area contributed by atoms with Crippen molar-refractivity contribution in [1.29, 1.82) is 0 Å². The number of fused-ring (bicyclic) bond motifs is 1. The summed E-state index contributed by atoms with van der Waals surface area (Å²) in [6, 6.07) is 17.8. The molecule has 8 heteroatoms. The maximum Gasteiger partial charge on any atom is 0.341 e. The second-order valence-electron chi connectivity index (χ2n) is 7.28. The molecule has 4 aromatic rings. The van der Waals surface area contributed by atoms with E-state index >= 15 is 0 Å². The van der Waals surface area contributed by atoms with Gasteiger partial charge in [0.2, 0.25) is 5.91 Å². The highest BCUT2D eigenvalue weighted by molar-refractivity contribution is 7.99. The van der Waals surface area contributed by atoms with Crippen LogP contribution in [0, 0.1) is 13.8 Å². The monoisotopic (exact) mass is 477 g/mol. The Hall–Kier alpha value is -3.23. The summed E-state index contributed by atoms with van der Waals surface area (Å²) in [5.41, 5.74) is 3.89. The first-order valence-corrected chi connectivity index (χ1v) is 12.3. The number of nitrogens with zero attached hydrogens (tertiary/aromatic N) is 2. The molecule has 2 aromatic carbocycles. The molecular formula is C25H23N3O3S2. The number of nitrogens with one attached hydrogen (secondary N) is 1. The highest BCUT2D eigenvalue weighted by atomic mass is 32.2. The number of aryl methyl sites for hydroxylation is 1. The molecular weight excluding hydrogens is 454 g/mol. The highest BCUT2D eigenvalue weighted by Gasteiger charge is 2.22. The van der Waals surface area contributed by atoms with Crippen LogP contribution in [0.2, 0.25) is 0 Å². The maximum absolute atomic E-state index is 12.7. The van der Waals surface area contributed by atoms with Gasteiger partial charge in [0.15, 0.2) is 5.16 Å². The van der Waals surface area contributed by atoms with E-state index in [1.807, 2.05) is 68.4 Å². The first-order chi connectivity index (χ1) is 16.0. The van der Waals surface area contributed by atoms with Gasteiger partial charge in [-0.1, -0.05) is 60.3 Å². The average Bonchev–Trinajstić information content (AvgIpc) is 3.10. The summed E-state index contributed by atoms with van der Waals surface area (Å²) in [6.45, 7) is 5.81. The number of esters is 1. The van der Waals surface area contributed by atoms with E-state index in [1.165, 1.54) is 23.1 Å². The van der Waals surface area contributed by atoms with Gasteiger partial charge in [-0.3, -0.25) is 4.79 Å². The minimum Gasteiger partial charge on any atom is -0.462 e. The van der Waals surface area contributed by atoms with Crippen LogP contribution in [0.5, 0.6) is 0 Å². The zero-order valence-electron chi connectivity index (χ0n) is 18.5. The number of benzene rings is 2. The van der Waals surface area contributed by atoms with Crippen LogP contribution >= 0.6 is 23.1 Å². The van der Waals surface area contributed by atoms with E-state index in [0.29, 0.717) is 15.7 Å². The van der Waals surface area contributed by atoms with Crippen LogP contribution in [0.1, 0.15) is 27.7 Å². The molecule has 0 bridgehead atoms. The van der Waals surface area contributed by atoms with E-state index in [0.717, 1.165) is 32.6 Å². The first-order valence-electron chi connectivity index (χ1n) is 10.5. The number of para-hydroxylation sites is 1. The highest BCUT2D eigenvalue weighted by Crippen LogP contribution is 2.33. The van der Waals surface area contributed by atoms with Crippen LogP contribution in [0.4, 0.5) is 5.00 Å². The van der Waals surface area contributed by atoms with E-state index in [9.17, 15) is 9.59 Å². The van der Waals surface area contributed by atoms with Crippen molar-refractivity contribution >= 4 is 50.9 Å². The van der Waals surface area contributed by atoms with Gasteiger partial charge in [0.1, 0.15) is 5.00 Å². The summed E-state index contributed by atoms with van der Waals surface area (Å²) in [7, 11) is 0. The molecule has 1 amide bonds. The van der Waals surface area contributed by atoms with Crippen molar-refractivity contribution in [3.8, 4) is 11.3 Å². The summed E-state index contributed by atoms with van der Waals surface area (Å²) in [5.74, 6) is -0.539. The molecule has 0 aliphatic heterocycles. The molecule has 1 N–H and O–H groups in total. The number of rotatable bonds is 7. The number of ether oxygens (including phenoxy) is 1. The standard InChI is InChI=1S/C25H23N3O3S2/c1-4-31-24(30)21-15(2)16(3)33-23(21)27-20(29)14-32-25-26-19-13-9-8-12-18(19)22(28-25)17-10-6-5-7-11-17/h5-13H,4,14H2,1-3H3,(H,27,29). The zero-order chi connectivity index (χ0) is 23.4. The summed E-state index contributed by atoms with van der Waals surface area (Å²) in [4.78, 5) is 35.4. The fourth-order valence-corrected chi connectivity index (χ4v) is 5.11. The molecule has 4 rings (SSSR count). The maximum atomic E-state index is 12.7. The Balaban J connectivity index is 1.55. The molecule has 0 aliphatic rings. The van der Waals surface area contributed by atoms with Gasteiger partial charge in [-0.05, 0) is 32.4 Å². The van der Waals surface area contributed by atoms with Gasteiger partial charge < -0.3 is 10.1 Å². The number of aromatic nitrogens is 2. The lowest BCUT2D eigenvalue weighted by molar-refractivity contribution is -0.113. The van der Waals surface area contributed by atoms with Crippen molar-refractivity contribution < 1.29 is 14.3 Å². The number of carbonyl (C=O) groups excluding carboxylic acids is 2. The Bertz CT molecular complexity index is 1320. The molecule has 0 spiro atoms. The molecule has 6 nitrogen and oxygen atoms in total. The molecule has 2 aromatic heterocycles. The largest absolute Gasteiger partial charge is 0.462 e. The molecule has 33 heavy (non-hydrogen) atoms. The van der Waals surface area contributed by atoms with E-state index in [2.05, 4.69) is 10.3 Å². The SMILES string of the molecule is CCOC(=O)c1c(NC(=O)CSc2nc(-c3ccccc3)c3ccccc3n2)sc(C)c1C. The molecule has 0 unspecified atom stereocenters. The van der Waals surface area contributed by atoms with E-state index in [-0.39, 0.29) is 18.3 Å². The van der Waals surface area contributed by atoms with Crippen molar-refractivity contribution in [1.82, 2.24) is 9.97 Å². The number of amides is 1. The molecule has 2 heterocycles. The molecule has 0 saturated carbocycles. The number of thioether (sulfide) groups is 1. The van der Waals surface area contributed by atoms with Crippen LogP contribution < -0.4 is 5.32 Å². The third kappa shape index (κ3) is 5.07. The lowest BCUT2D eigenvalue weighted by Gasteiger charge is -2.09. The fraction of sp³-hybridized carbons (Fsp3) is 0.200. The minimum absolute atomic E-state index is 0.116. The van der Waals surface area contributed by atoms with Gasteiger partial charge in [-0.2, -0.15) is 0 Å². The number of anilines is 1. The summed E-state index contributed by atoms with van der Waals surface area (Å²) in [5, 5.41) is 4.86. The number of carbonyl (C=O) groups is 2. The second kappa shape index (κ2) is 10.1. The molecule has 0 atom stereocenters. The third-order valence-corrected chi connectivity index (χ3v) is 7.05. The van der Waals surface area contributed by atoms with Crippen LogP contribution in [0.25, 0.3) is 22.2 Å². The Morgan fingerprint density at radius 2 is 1.76 bits per heavy atom. The van der Waals surface area contributed by atoms with E-state index in [1.54, 1.807) is 6.92 Å².